The van der Waals surface area contributed by atoms with Crippen molar-refractivity contribution in [3.63, 3.8) is 0 Å². The van der Waals surface area contributed by atoms with Crippen LogP contribution in [0.4, 0.5) is 11.4 Å². The Morgan fingerprint density at radius 3 is 2.71 bits per heavy atom. The predicted molar refractivity (Wildman–Crippen MR) is 70.8 cm³/mol. The quantitative estimate of drug-likeness (QED) is 0.808. The van der Waals surface area contributed by atoms with Crippen molar-refractivity contribution in [2.45, 2.75) is 32.7 Å². The molecule has 17 heavy (non-hydrogen) atoms. The topological polar surface area (TPSA) is 53.0 Å². The summed E-state index contributed by atoms with van der Waals surface area (Å²) >= 11 is 0. The molecule has 0 aliphatic heterocycles. The molecule has 3 heteroatoms. The molecule has 0 heterocycles. The first kappa shape index (κ1) is 11.8. The third kappa shape index (κ3) is 2.71. The van der Waals surface area contributed by atoms with Crippen LogP contribution in [-0.2, 0) is 0 Å². The number of hydrogen-bond donors (Lipinski definition) is 1. The van der Waals surface area contributed by atoms with Gasteiger partial charge in [0.15, 0.2) is 0 Å². The second-order valence-electron chi connectivity index (χ2n) is 5.08. The van der Waals surface area contributed by atoms with E-state index in [4.69, 9.17) is 5.73 Å². The molecular formula is C14H19N3. The van der Waals surface area contributed by atoms with Gasteiger partial charge in [-0.05, 0) is 50.8 Å². The fourth-order valence-electron chi connectivity index (χ4n) is 2.06. The Hall–Kier alpha value is -1.69. The van der Waals surface area contributed by atoms with E-state index in [0.717, 1.165) is 18.2 Å². The van der Waals surface area contributed by atoms with Crippen LogP contribution in [-0.4, -0.2) is 12.6 Å². The molecule has 0 aromatic heterocycles. The summed E-state index contributed by atoms with van der Waals surface area (Å²) in [6.07, 6.45) is 2.64. The molecule has 1 aliphatic carbocycles. The maximum Gasteiger partial charge on any atom is 0.101 e. The first-order valence-electron chi connectivity index (χ1n) is 6.18. The minimum absolute atomic E-state index is 0.409. The van der Waals surface area contributed by atoms with Gasteiger partial charge >= 0.3 is 0 Å². The first-order chi connectivity index (χ1) is 8.11. The Morgan fingerprint density at radius 1 is 1.47 bits per heavy atom. The van der Waals surface area contributed by atoms with Crippen molar-refractivity contribution >= 4 is 11.4 Å². The summed E-state index contributed by atoms with van der Waals surface area (Å²) < 4.78 is 0. The number of rotatable bonds is 4. The average molecular weight is 229 g/mol. The zero-order chi connectivity index (χ0) is 12.4. The highest BCUT2D eigenvalue weighted by molar-refractivity contribution is 5.64. The maximum atomic E-state index is 9.19. The Morgan fingerprint density at radius 2 is 2.18 bits per heavy atom. The first-order valence-corrected chi connectivity index (χ1v) is 6.18. The smallest absolute Gasteiger partial charge is 0.101 e. The summed E-state index contributed by atoms with van der Waals surface area (Å²) in [6, 6.07) is 8.26. The highest BCUT2D eigenvalue weighted by atomic mass is 15.2. The number of anilines is 2. The second kappa shape index (κ2) is 4.67. The lowest BCUT2D eigenvalue weighted by molar-refractivity contribution is 0.644. The van der Waals surface area contributed by atoms with Gasteiger partial charge in [-0.25, -0.2) is 0 Å². The molecule has 0 radical (unpaired) electrons. The predicted octanol–water partition coefficient (Wildman–Crippen LogP) is 2.77. The average Bonchev–Trinajstić information content (AvgIpc) is 3.09. The van der Waals surface area contributed by atoms with E-state index in [0.29, 0.717) is 17.3 Å². The number of hydrogen-bond acceptors (Lipinski definition) is 3. The number of nitrogens with two attached hydrogens (primary N) is 1. The van der Waals surface area contributed by atoms with Gasteiger partial charge in [0.05, 0.1) is 11.3 Å². The summed E-state index contributed by atoms with van der Waals surface area (Å²) in [6.45, 7) is 5.38. The van der Waals surface area contributed by atoms with Crippen molar-refractivity contribution in [3.05, 3.63) is 23.8 Å². The van der Waals surface area contributed by atoms with Crippen molar-refractivity contribution in [1.29, 1.82) is 5.26 Å². The molecule has 1 aromatic rings. The third-order valence-corrected chi connectivity index (χ3v) is 3.23. The van der Waals surface area contributed by atoms with Crippen LogP contribution in [0.25, 0.3) is 0 Å². The van der Waals surface area contributed by atoms with Gasteiger partial charge in [0.1, 0.15) is 6.07 Å². The van der Waals surface area contributed by atoms with E-state index in [9.17, 15) is 5.26 Å². The van der Waals surface area contributed by atoms with Crippen LogP contribution in [0.5, 0.6) is 0 Å². The standard InChI is InChI=1S/C14H19N3/c1-10(2)17(9-11-3-4-11)14-6-5-13(16)7-12(14)8-15/h5-7,10-11H,3-4,9,16H2,1-2H3. The van der Waals surface area contributed by atoms with E-state index in [1.54, 1.807) is 6.07 Å². The van der Waals surface area contributed by atoms with Crippen LogP contribution < -0.4 is 10.6 Å². The van der Waals surface area contributed by atoms with E-state index in [2.05, 4.69) is 24.8 Å². The lowest BCUT2D eigenvalue weighted by Gasteiger charge is -2.30. The van der Waals surface area contributed by atoms with Crippen molar-refractivity contribution in [1.82, 2.24) is 0 Å². The molecule has 0 saturated heterocycles. The highest BCUT2D eigenvalue weighted by Gasteiger charge is 2.26. The van der Waals surface area contributed by atoms with Crippen LogP contribution in [0, 0.1) is 17.2 Å². The van der Waals surface area contributed by atoms with Crippen molar-refractivity contribution in [2.24, 2.45) is 5.92 Å². The van der Waals surface area contributed by atoms with Crippen molar-refractivity contribution in [3.8, 4) is 6.07 Å². The molecule has 90 valence electrons. The van der Waals surface area contributed by atoms with Gasteiger partial charge in [-0.1, -0.05) is 0 Å². The minimum Gasteiger partial charge on any atom is -0.399 e. The summed E-state index contributed by atoms with van der Waals surface area (Å²) in [7, 11) is 0. The monoisotopic (exact) mass is 229 g/mol. The van der Waals surface area contributed by atoms with Gasteiger partial charge in [0.2, 0.25) is 0 Å². The fraction of sp³-hybridized carbons (Fsp3) is 0.500. The van der Waals surface area contributed by atoms with Gasteiger partial charge in [-0.3, -0.25) is 0 Å². The van der Waals surface area contributed by atoms with Crippen LogP contribution in [0.2, 0.25) is 0 Å². The summed E-state index contributed by atoms with van der Waals surface area (Å²) in [5.41, 5.74) is 8.07. The zero-order valence-corrected chi connectivity index (χ0v) is 10.5. The summed E-state index contributed by atoms with van der Waals surface area (Å²) in [4.78, 5) is 2.32. The normalized spacial score (nSPS) is 14.7. The lowest BCUT2D eigenvalue weighted by Crippen LogP contribution is -2.33. The van der Waals surface area contributed by atoms with Crippen LogP contribution in [0.15, 0.2) is 18.2 Å². The van der Waals surface area contributed by atoms with Gasteiger partial charge < -0.3 is 10.6 Å². The molecule has 1 aromatic carbocycles. The summed E-state index contributed by atoms with van der Waals surface area (Å²) in [5, 5.41) is 9.19. The Kier molecular flexibility index (Phi) is 3.23. The van der Waals surface area contributed by atoms with Crippen molar-refractivity contribution < 1.29 is 0 Å². The van der Waals surface area contributed by atoms with Gasteiger partial charge in [-0.2, -0.15) is 5.26 Å². The molecule has 0 bridgehead atoms. The SMILES string of the molecule is CC(C)N(CC1CC1)c1ccc(N)cc1C#N. The number of nitriles is 1. The van der Waals surface area contributed by atoms with Crippen LogP contribution in [0.3, 0.4) is 0 Å². The molecule has 0 amide bonds. The molecule has 0 unspecified atom stereocenters. The number of nitrogen functional groups attached to an aromatic ring is 1. The van der Waals surface area contributed by atoms with E-state index in [1.807, 2.05) is 12.1 Å². The van der Waals surface area contributed by atoms with Crippen LogP contribution >= 0.6 is 0 Å². The molecular weight excluding hydrogens is 210 g/mol. The molecule has 2 N–H and O–H groups in total. The largest absolute Gasteiger partial charge is 0.399 e. The summed E-state index contributed by atoms with van der Waals surface area (Å²) in [5.74, 6) is 0.807. The molecule has 0 atom stereocenters. The second-order valence-corrected chi connectivity index (χ2v) is 5.08. The number of nitrogens with zero attached hydrogens (tertiary/aromatic N) is 2. The van der Waals surface area contributed by atoms with Crippen molar-refractivity contribution in [2.75, 3.05) is 17.2 Å². The molecule has 1 fully saturated rings. The molecule has 3 nitrogen and oxygen atoms in total. The van der Waals surface area contributed by atoms with Gasteiger partial charge in [-0.15, -0.1) is 0 Å². The molecule has 1 saturated carbocycles. The van der Waals surface area contributed by atoms with Gasteiger partial charge in [0.25, 0.3) is 0 Å². The Balaban J connectivity index is 2.31. The molecule has 0 spiro atoms. The van der Waals surface area contributed by atoms with E-state index >= 15 is 0 Å². The fourth-order valence-corrected chi connectivity index (χ4v) is 2.06. The van der Waals surface area contributed by atoms with E-state index in [-0.39, 0.29) is 0 Å². The zero-order valence-electron chi connectivity index (χ0n) is 10.5. The number of benzene rings is 1. The Bertz CT molecular complexity index is 441. The highest BCUT2D eigenvalue weighted by Crippen LogP contribution is 2.33. The minimum atomic E-state index is 0.409. The third-order valence-electron chi connectivity index (χ3n) is 3.23. The van der Waals surface area contributed by atoms with E-state index < -0.39 is 0 Å². The van der Waals surface area contributed by atoms with Crippen LogP contribution in [0.1, 0.15) is 32.3 Å². The molecule has 2 rings (SSSR count). The lowest BCUT2D eigenvalue weighted by atomic mass is 10.1. The maximum absolute atomic E-state index is 9.19. The van der Waals surface area contributed by atoms with Gasteiger partial charge in [0, 0.05) is 18.3 Å². The van der Waals surface area contributed by atoms with E-state index in [1.165, 1.54) is 12.8 Å². The Labute approximate surface area is 103 Å². The molecule has 1 aliphatic rings.